The van der Waals surface area contributed by atoms with Crippen LogP contribution in [-0.2, 0) is 5.41 Å². The molecule has 0 unspecified atom stereocenters. The lowest BCUT2D eigenvalue weighted by molar-refractivity contribution is 0.667. The fourth-order valence-corrected chi connectivity index (χ4v) is 8.70. The number of benzene rings is 8. The van der Waals surface area contributed by atoms with Crippen molar-refractivity contribution < 1.29 is 4.42 Å². The number of hydrogen-bond acceptors (Lipinski definition) is 4. The summed E-state index contributed by atoms with van der Waals surface area (Å²) < 4.78 is 6.94. The molecule has 262 valence electrons. The normalized spacial score (nSPS) is 12.8. The van der Waals surface area contributed by atoms with Crippen molar-refractivity contribution in [2.24, 2.45) is 0 Å². The van der Waals surface area contributed by atoms with Crippen molar-refractivity contribution in [1.82, 2.24) is 15.0 Å². The number of para-hydroxylation sites is 1. The molecule has 2 heterocycles. The van der Waals surface area contributed by atoms with Crippen LogP contribution in [0.1, 0.15) is 22.3 Å². The van der Waals surface area contributed by atoms with Gasteiger partial charge in [-0.3, -0.25) is 0 Å². The summed E-state index contributed by atoms with van der Waals surface area (Å²) in [6.45, 7) is 0. The third-order valence-electron chi connectivity index (χ3n) is 11.2. The van der Waals surface area contributed by atoms with E-state index in [4.69, 9.17) is 19.4 Å². The van der Waals surface area contributed by atoms with Crippen LogP contribution in [0.25, 0.3) is 78.4 Å². The summed E-state index contributed by atoms with van der Waals surface area (Å²) in [5.74, 6) is 1.91. The standard InChI is InChI=1S/C52H33N3O/c1-5-16-35(17-6-1)49-53-50(36-18-7-2-8-19-36)55-51(54-49)37-30-28-34(29-31-37)40-25-15-26-42-44-32-43-41-24-13-14-27-45(41)52(38-20-9-3-10-21-38,39-22-11-4-12-23-39)46(43)33-47(44)56-48(40)42/h1-33H. The molecule has 2 aromatic heterocycles. The highest BCUT2D eigenvalue weighted by Crippen LogP contribution is 2.57. The number of nitrogens with zero attached hydrogens (tertiary/aromatic N) is 3. The first-order valence-electron chi connectivity index (χ1n) is 18.9. The summed E-state index contributed by atoms with van der Waals surface area (Å²) in [5, 5.41) is 2.20. The molecule has 0 saturated heterocycles. The highest BCUT2D eigenvalue weighted by atomic mass is 16.3. The highest BCUT2D eigenvalue weighted by Gasteiger charge is 2.46. The van der Waals surface area contributed by atoms with Crippen LogP contribution in [0.4, 0.5) is 0 Å². The van der Waals surface area contributed by atoms with Crippen LogP contribution < -0.4 is 0 Å². The maximum atomic E-state index is 6.94. The topological polar surface area (TPSA) is 51.8 Å². The molecule has 0 atom stereocenters. The average Bonchev–Trinajstić information content (AvgIpc) is 3.80. The van der Waals surface area contributed by atoms with Gasteiger partial charge in [-0.15, -0.1) is 0 Å². The lowest BCUT2D eigenvalue weighted by Crippen LogP contribution is -2.28. The predicted octanol–water partition coefficient (Wildman–Crippen LogP) is 12.8. The Morgan fingerprint density at radius 2 is 0.821 bits per heavy atom. The summed E-state index contributed by atoms with van der Waals surface area (Å²) in [7, 11) is 0. The molecule has 8 aromatic carbocycles. The first kappa shape index (κ1) is 32.0. The molecule has 0 spiro atoms. The van der Waals surface area contributed by atoms with Crippen LogP contribution in [0.2, 0.25) is 0 Å². The van der Waals surface area contributed by atoms with E-state index in [1.54, 1.807) is 0 Å². The van der Waals surface area contributed by atoms with Crippen LogP contribution in [0, 0.1) is 0 Å². The van der Waals surface area contributed by atoms with Crippen molar-refractivity contribution in [1.29, 1.82) is 0 Å². The van der Waals surface area contributed by atoms with Gasteiger partial charge in [-0.2, -0.15) is 0 Å². The second-order valence-corrected chi connectivity index (χ2v) is 14.3. The summed E-state index contributed by atoms with van der Waals surface area (Å²) in [5.41, 5.74) is 13.6. The quantitative estimate of drug-likeness (QED) is 0.172. The van der Waals surface area contributed by atoms with Crippen molar-refractivity contribution in [3.63, 3.8) is 0 Å². The molecule has 0 N–H and O–H groups in total. The van der Waals surface area contributed by atoms with Gasteiger partial charge in [0.2, 0.25) is 0 Å². The number of rotatable bonds is 6. The SMILES string of the molecule is c1ccc(-c2nc(-c3ccccc3)nc(-c3ccc(-c4cccc5c4oc4cc6c(cc45)-c4ccccc4C6(c4ccccc4)c4ccccc4)cc3)n2)cc1. The Kier molecular flexibility index (Phi) is 7.36. The molecule has 0 radical (unpaired) electrons. The zero-order valence-corrected chi connectivity index (χ0v) is 30.3. The fourth-order valence-electron chi connectivity index (χ4n) is 8.70. The van der Waals surface area contributed by atoms with E-state index in [1.165, 1.54) is 33.4 Å². The van der Waals surface area contributed by atoms with Crippen LogP contribution in [0.5, 0.6) is 0 Å². The predicted molar refractivity (Wildman–Crippen MR) is 226 cm³/mol. The minimum atomic E-state index is -0.490. The Bertz CT molecular complexity index is 2950. The van der Waals surface area contributed by atoms with Crippen molar-refractivity contribution in [3.8, 4) is 56.4 Å². The smallest absolute Gasteiger partial charge is 0.164 e. The summed E-state index contributed by atoms with van der Waals surface area (Å²) in [6, 6.07) is 70.3. The Balaban J connectivity index is 1.05. The molecule has 0 aliphatic heterocycles. The van der Waals surface area contributed by atoms with Gasteiger partial charge in [0.25, 0.3) is 0 Å². The molecule has 11 rings (SSSR count). The summed E-state index contributed by atoms with van der Waals surface area (Å²) in [6.07, 6.45) is 0. The molecule has 0 bridgehead atoms. The van der Waals surface area contributed by atoms with Crippen LogP contribution in [0.15, 0.2) is 205 Å². The van der Waals surface area contributed by atoms with Crippen LogP contribution in [-0.4, -0.2) is 15.0 Å². The lowest BCUT2D eigenvalue weighted by Gasteiger charge is -2.33. The Hall–Kier alpha value is -7.43. The third kappa shape index (κ3) is 4.96. The number of fused-ring (bicyclic) bond motifs is 6. The first-order valence-corrected chi connectivity index (χ1v) is 18.9. The molecule has 4 heteroatoms. The summed E-state index contributed by atoms with van der Waals surface area (Å²) in [4.78, 5) is 14.7. The molecular formula is C52H33N3O. The van der Waals surface area contributed by atoms with Crippen LogP contribution in [0.3, 0.4) is 0 Å². The van der Waals surface area contributed by atoms with Gasteiger partial charge in [-0.25, -0.2) is 15.0 Å². The molecule has 0 fully saturated rings. The minimum absolute atomic E-state index is 0.490. The van der Waals surface area contributed by atoms with E-state index in [2.05, 4.69) is 140 Å². The molecule has 10 aromatic rings. The number of furan rings is 1. The zero-order chi connectivity index (χ0) is 37.1. The van der Waals surface area contributed by atoms with Crippen molar-refractivity contribution in [3.05, 3.63) is 222 Å². The van der Waals surface area contributed by atoms with Gasteiger partial charge in [0.1, 0.15) is 11.2 Å². The zero-order valence-electron chi connectivity index (χ0n) is 30.3. The maximum absolute atomic E-state index is 6.94. The van der Waals surface area contributed by atoms with E-state index in [0.717, 1.165) is 49.8 Å². The van der Waals surface area contributed by atoms with Gasteiger partial charge in [-0.1, -0.05) is 188 Å². The molecule has 56 heavy (non-hydrogen) atoms. The lowest BCUT2D eigenvalue weighted by atomic mass is 9.67. The van der Waals surface area contributed by atoms with E-state index in [9.17, 15) is 0 Å². The van der Waals surface area contributed by atoms with E-state index in [0.29, 0.717) is 17.5 Å². The van der Waals surface area contributed by atoms with E-state index < -0.39 is 5.41 Å². The molecule has 4 nitrogen and oxygen atoms in total. The Morgan fingerprint density at radius 1 is 0.339 bits per heavy atom. The average molecular weight is 716 g/mol. The second-order valence-electron chi connectivity index (χ2n) is 14.3. The van der Waals surface area contributed by atoms with E-state index in [-0.39, 0.29) is 0 Å². The fraction of sp³-hybridized carbons (Fsp3) is 0.0192. The molecule has 1 aliphatic rings. The molecule has 0 saturated carbocycles. The van der Waals surface area contributed by atoms with Crippen molar-refractivity contribution in [2.45, 2.75) is 5.41 Å². The Morgan fingerprint density at radius 3 is 1.41 bits per heavy atom. The first-order chi connectivity index (χ1) is 27.8. The number of hydrogen-bond donors (Lipinski definition) is 0. The van der Waals surface area contributed by atoms with Crippen molar-refractivity contribution in [2.75, 3.05) is 0 Å². The van der Waals surface area contributed by atoms with Gasteiger partial charge < -0.3 is 4.42 Å². The number of aromatic nitrogens is 3. The monoisotopic (exact) mass is 715 g/mol. The van der Waals surface area contributed by atoms with Gasteiger partial charge in [0.15, 0.2) is 17.5 Å². The molecule has 1 aliphatic carbocycles. The minimum Gasteiger partial charge on any atom is -0.455 e. The third-order valence-corrected chi connectivity index (χ3v) is 11.2. The van der Waals surface area contributed by atoms with Gasteiger partial charge in [-0.05, 0) is 51.1 Å². The second kappa shape index (κ2) is 12.9. The van der Waals surface area contributed by atoms with E-state index >= 15 is 0 Å². The van der Waals surface area contributed by atoms with Gasteiger partial charge in [0.05, 0.1) is 5.41 Å². The largest absolute Gasteiger partial charge is 0.455 e. The van der Waals surface area contributed by atoms with E-state index in [1.807, 2.05) is 60.7 Å². The Labute approximate surface area is 324 Å². The summed E-state index contributed by atoms with van der Waals surface area (Å²) >= 11 is 0. The molecule has 0 amide bonds. The maximum Gasteiger partial charge on any atom is 0.164 e. The van der Waals surface area contributed by atoms with Gasteiger partial charge >= 0.3 is 0 Å². The van der Waals surface area contributed by atoms with Crippen LogP contribution >= 0.6 is 0 Å². The highest BCUT2D eigenvalue weighted by molar-refractivity contribution is 6.12. The van der Waals surface area contributed by atoms with Crippen molar-refractivity contribution >= 4 is 21.9 Å². The molecular weight excluding hydrogens is 683 g/mol. The van der Waals surface area contributed by atoms with Gasteiger partial charge in [0, 0.05) is 33.0 Å².